The van der Waals surface area contributed by atoms with Crippen LogP contribution >= 0.6 is 15.9 Å². The van der Waals surface area contributed by atoms with Gasteiger partial charge < -0.3 is 10.2 Å². The molecule has 1 fully saturated rings. The number of hydrogen-bond acceptors (Lipinski definition) is 4. The summed E-state index contributed by atoms with van der Waals surface area (Å²) in [7, 11) is 0. The van der Waals surface area contributed by atoms with Gasteiger partial charge in [0, 0.05) is 36.0 Å². The minimum absolute atomic E-state index is 0.561. The van der Waals surface area contributed by atoms with E-state index in [-0.39, 0.29) is 0 Å². The largest absolute Gasteiger partial charge is 0.365 e. The Balaban J connectivity index is 1.96. The third kappa shape index (κ3) is 2.65. The Morgan fingerprint density at radius 1 is 1.45 bits per heavy atom. The topological polar surface area (TPSA) is 41.0 Å². The van der Waals surface area contributed by atoms with E-state index < -0.39 is 0 Å². The lowest BCUT2D eigenvalue weighted by Gasteiger charge is -2.27. The van der Waals surface area contributed by atoms with Crippen LogP contribution in [0.25, 0.3) is 11.0 Å². The molecule has 106 valence electrons. The molecule has 1 aliphatic rings. The Bertz CT molecular complexity index is 601. The minimum atomic E-state index is 0.561. The molecule has 5 heteroatoms. The minimum Gasteiger partial charge on any atom is -0.365 e. The fourth-order valence-corrected chi connectivity index (χ4v) is 3.22. The van der Waals surface area contributed by atoms with Gasteiger partial charge in [-0.25, -0.2) is 0 Å². The molecule has 0 aromatic carbocycles. The first-order valence-electron chi connectivity index (χ1n) is 7.17. The summed E-state index contributed by atoms with van der Waals surface area (Å²) in [4.78, 5) is 11.5. The molecule has 3 rings (SSSR count). The zero-order chi connectivity index (χ0) is 13.9. The van der Waals surface area contributed by atoms with Crippen LogP contribution in [0.2, 0.25) is 0 Å². The molecule has 1 unspecified atom stereocenters. The number of nitrogens with zero attached hydrogens (tertiary/aromatic N) is 3. The molecule has 1 saturated heterocycles. The van der Waals surface area contributed by atoms with Gasteiger partial charge in [-0.2, -0.15) is 0 Å². The van der Waals surface area contributed by atoms with E-state index in [1.807, 2.05) is 18.5 Å². The van der Waals surface area contributed by atoms with Crippen LogP contribution in [-0.2, 0) is 0 Å². The first kappa shape index (κ1) is 13.8. The summed E-state index contributed by atoms with van der Waals surface area (Å²) >= 11 is 3.46. The van der Waals surface area contributed by atoms with Crippen molar-refractivity contribution in [1.29, 1.82) is 0 Å². The molecule has 3 heterocycles. The SMILES string of the molecule is CCNCC1CCCN1c1ccnc2cc(Br)cnc12. The van der Waals surface area contributed by atoms with Crippen LogP contribution in [0.3, 0.4) is 0 Å². The molecular weight excluding hydrogens is 316 g/mol. The molecule has 1 N–H and O–H groups in total. The molecule has 0 saturated carbocycles. The summed E-state index contributed by atoms with van der Waals surface area (Å²) in [6, 6.07) is 4.68. The molecule has 0 aliphatic carbocycles. The van der Waals surface area contributed by atoms with Crippen LogP contribution in [0.15, 0.2) is 29.0 Å². The molecule has 0 spiro atoms. The number of pyridine rings is 2. The van der Waals surface area contributed by atoms with Crippen molar-refractivity contribution in [3.63, 3.8) is 0 Å². The third-order valence-electron chi connectivity index (χ3n) is 3.84. The maximum atomic E-state index is 4.57. The zero-order valence-electron chi connectivity index (χ0n) is 11.6. The summed E-state index contributed by atoms with van der Waals surface area (Å²) in [5.41, 5.74) is 3.16. The average Bonchev–Trinajstić information content (AvgIpc) is 2.92. The van der Waals surface area contributed by atoms with Crippen molar-refractivity contribution in [3.8, 4) is 0 Å². The Kier molecular flexibility index (Phi) is 4.17. The van der Waals surface area contributed by atoms with E-state index in [0.29, 0.717) is 6.04 Å². The Hall–Kier alpha value is -1.20. The Labute approximate surface area is 127 Å². The van der Waals surface area contributed by atoms with Crippen molar-refractivity contribution in [2.24, 2.45) is 0 Å². The second-order valence-corrected chi connectivity index (χ2v) is 6.06. The van der Waals surface area contributed by atoms with Crippen LogP contribution in [0, 0.1) is 0 Å². The summed E-state index contributed by atoms with van der Waals surface area (Å²) < 4.78 is 0.972. The quantitative estimate of drug-likeness (QED) is 0.933. The van der Waals surface area contributed by atoms with E-state index in [9.17, 15) is 0 Å². The van der Waals surface area contributed by atoms with Crippen molar-refractivity contribution in [1.82, 2.24) is 15.3 Å². The van der Waals surface area contributed by atoms with Gasteiger partial charge in [0.05, 0.1) is 11.2 Å². The molecular formula is C15H19BrN4. The predicted octanol–water partition coefficient (Wildman–Crippen LogP) is 2.97. The highest BCUT2D eigenvalue weighted by Gasteiger charge is 2.25. The third-order valence-corrected chi connectivity index (χ3v) is 4.27. The Morgan fingerprint density at radius 2 is 2.35 bits per heavy atom. The fraction of sp³-hybridized carbons (Fsp3) is 0.467. The van der Waals surface area contributed by atoms with Gasteiger partial charge in [0.15, 0.2) is 0 Å². The molecule has 1 aliphatic heterocycles. The highest BCUT2D eigenvalue weighted by Crippen LogP contribution is 2.30. The van der Waals surface area contributed by atoms with E-state index in [0.717, 1.165) is 35.1 Å². The monoisotopic (exact) mass is 334 g/mol. The number of halogens is 1. The lowest BCUT2D eigenvalue weighted by Crippen LogP contribution is -2.38. The van der Waals surface area contributed by atoms with Gasteiger partial charge >= 0.3 is 0 Å². The predicted molar refractivity (Wildman–Crippen MR) is 86.1 cm³/mol. The average molecular weight is 335 g/mol. The van der Waals surface area contributed by atoms with Gasteiger partial charge in [-0.1, -0.05) is 6.92 Å². The van der Waals surface area contributed by atoms with Crippen LogP contribution in [0.5, 0.6) is 0 Å². The molecule has 0 amide bonds. The van der Waals surface area contributed by atoms with Crippen LogP contribution < -0.4 is 10.2 Å². The number of likely N-dealkylation sites (N-methyl/N-ethyl adjacent to an activating group) is 1. The molecule has 20 heavy (non-hydrogen) atoms. The number of aromatic nitrogens is 2. The van der Waals surface area contributed by atoms with Gasteiger partial charge in [-0.05, 0) is 47.4 Å². The van der Waals surface area contributed by atoms with E-state index >= 15 is 0 Å². The second-order valence-electron chi connectivity index (χ2n) is 5.15. The highest BCUT2D eigenvalue weighted by atomic mass is 79.9. The summed E-state index contributed by atoms with van der Waals surface area (Å²) in [5, 5.41) is 3.46. The van der Waals surface area contributed by atoms with Crippen molar-refractivity contribution in [2.45, 2.75) is 25.8 Å². The maximum absolute atomic E-state index is 4.57. The zero-order valence-corrected chi connectivity index (χ0v) is 13.2. The van der Waals surface area contributed by atoms with E-state index in [2.05, 4.69) is 49.1 Å². The molecule has 2 aromatic heterocycles. The highest BCUT2D eigenvalue weighted by molar-refractivity contribution is 9.10. The standard InChI is InChI=1S/C15H19BrN4/c1-2-17-10-12-4-3-7-20(12)14-5-6-18-13-8-11(16)9-19-15(13)14/h5-6,8-9,12,17H,2-4,7,10H2,1H3. The molecule has 4 nitrogen and oxygen atoms in total. The number of fused-ring (bicyclic) bond motifs is 1. The molecule has 0 radical (unpaired) electrons. The Morgan fingerprint density at radius 3 is 3.20 bits per heavy atom. The smallest absolute Gasteiger partial charge is 0.112 e. The van der Waals surface area contributed by atoms with Crippen LogP contribution in [0.1, 0.15) is 19.8 Å². The number of anilines is 1. The lowest BCUT2D eigenvalue weighted by molar-refractivity contribution is 0.588. The first-order valence-corrected chi connectivity index (χ1v) is 7.96. The molecule has 1 atom stereocenters. The maximum Gasteiger partial charge on any atom is 0.112 e. The van der Waals surface area contributed by atoms with Gasteiger partial charge in [-0.3, -0.25) is 9.97 Å². The summed E-state index contributed by atoms with van der Waals surface area (Å²) in [6.07, 6.45) is 6.22. The summed E-state index contributed by atoms with van der Waals surface area (Å²) in [5.74, 6) is 0. The lowest BCUT2D eigenvalue weighted by atomic mass is 10.2. The molecule has 0 bridgehead atoms. The van der Waals surface area contributed by atoms with Gasteiger partial charge in [0.25, 0.3) is 0 Å². The molecule has 2 aromatic rings. The van der Waals surface area contributed by atoms with Crippen molar-refractivity contribution in [2.75, 3.05) is 24.5 Å². The van der Waals surface area contributed by atoms with Gasteiger partial charge in [-0.15, -0.1) is 0 Å². The van der Waals surface area contributed by atoms with Gasteiger partial charge in [0.1, 0.15) is 5.52 Å². The fourth-order valence-electron chi connectivity index (χ4n) is 2.90. The van der Waals surface area contributed by atoms with Gasteiger partial charge in [0.2, 0.25) is 0 Å². The first-order chi connectivity index (χ1) is 9.79. The number of nitrogens with one attached hydrogen (secondary N) is 1. The number of rotatable bonds is 4. The second kappa shape index (κ2) is 6.06. The van der Waals surface area contributed by atoms with E-state index in [4.69, 9.17) is 0 Å². The van der Waals surface area contributed by atoms with Crippen molar-refractivity contribution < 1.29 is 0 Å². The van der Waals surface area contributed by atoms with Crippen molar-refractivity contribution >= 4 is 32.7 Å². The van der Waals surface area contributed by atoms with Crippen LogP contribution in [-0.4, -0.2) is 35.6 Å². The normalized spacial score (nSPS) is 18.9. The summed E-state index contributed by atoms with van der Waals surface area (Å²) in [6.45, 7) is 5.32. The number of hydrogen-bond donors (Lipinski definition) is 1. The van der Waals surface area contributed by atoms with Crippen LogP contribution in [0.4, 0.5) is 5.69 Å². The van der Waals surface area contributed by atoms with Crippen molar-refractivity contribution in [3.05, 3.63) is 29.0 Å². The van der Waals surface area contributed by atoms with E-state index in [1.54, 1.807) is 0 Å². The van der Waals surface area contributed by atoms with E-state index in [1.165, 1.54) is 18.5 Å².